The molecule has 6 heteroatoms. The van der Waals surface area contributed by atoms with E-state index in [0.29, 0.717) is 0 Å². The molecule has 0 saturated carbocycles. The van der Waals surface area contributed by atoms with Gasteiger partial charge < -0.3 is 5.32 Å². The molecule has 2 aromatic carbocycles. The lowest BCUT2D eigenvalue weighted by Crippen LogP contribution is -1.98. The van der Waals surface area contributed by atoms with Gasteiger partial charge in [-0.2, -0.15) is 0 Å². The standard InChI is InChI=1S/C20H15BrIN3S/c1-11-9-15(22)7-8-16(11)25-19-18-17(13-3-5-14(21)6-4-13)12(2)26-20(18)24-10-23-19/h3-10H,1-2H3,(H,23,24,25). The van der Waals surface area contributed by atoms with Gasteiger partial charge in [-0.3, -0.25) is 0 Å². The fourth-order valence-corrected chi connectivity index (χ4v) is 4.92. The molecule has 2 aromatic heterocycles. The highest BCUT2D eigenvalue weighted by molar-refractivity contribution is 14.1. The van der Waals surface area contributed by atoms with Crippen molar-refractivity contribution in [2.75, 3.05) is 5.32 Å². The smallest absolute Gasteiger partial charge is 0.143 e. The van der Waals surface area contributed by atoms with Crippen LogP contribution >= 0.6 is 49.9 Å². The number of hydrogen-bond donors (Lipinski definition) is 1. The molecule has 0 bridgehead atoms. The molecule has 2 heterocycles. The minimum Gasteiger partial charge on any atom is -0.339 e. The van der Waals surface area contributed by atoms with Crippen molar-refractivity contribution >= 4 is 71.6 Å². The van der Waals surface area contributed by atoms with E-state index in [1.54, 1.807) is 17.7 Å². The zero-order valence-corrected chi connectivity index (χ0v) is 18.7. The fourth-order valence-electron chi connectivity index (χ4n) is 3.00. The van der Waals surface area contributed by atoms with Crippen LogP contribution in [0.2, 0.25) is 0 Å². The van der Waals surface area contributed by atoms with Gasteiger partial charge in [-0.15, -0.1) is 11.3 Å². The monoisotopic (exact) mass is 535 g/mol. The van der Waals surface area contributed by atoms with Crippen LogP contribution in [0.15, 0.2) is 53.3 Å². The molecule has 0 aliphatic carbocycles. The maximum Gasteiger partial charge on any atom is 0.143 e. The van der Waals surface area contributed by atoms with Crippen molar-refractivity contribution in [3.63, 3.8) is 0 Å². The lowest BCUT2D eigenvalue weighted by Gasteiger charge is -2.11. The van der Waals surface area contributed by atoms with Crippen LogP contribution in [0.25, 0.3) is 21.3 Å². The summed E-state index contributed by atoms with van der Waals surface area (Å²) in [5.74, 6) is 0.849. The van der Waals surface area contributed by atoms with Crippen molar-refractivity contribution in [1.29, 1.82) is 0 Å². The van der Waals surface area contributed by atoms with Gasteiger partial charge in [0.25, 0.3) is 0 Å². The molecule has 0 aliphatic rings. The third kappa shape index (κ3) is 3.37. The van der Waals surface area contributed by atoms with E-state index in [1.807, 2.05) is 0 Å². The van der Waals surface area contributed by atoms with E-state index >= 15 is 0 Å². The maximum absolute atomic E-state index is 4.56. The van der Waals surface area contributed by atoms with Gasteiger partial charge in [-0.25, -0.2) is 9.97 Å². The molecule has 0 spiro atoms. The normalized spacial score (nSPS) is 11.1. The Kier molecular flexibility index (Phi) is 4.98. The predicted octanol–water partition coefficient (Wildman–Crippen LogP) is 7.09. The van der Waals surface area contributed by atoms with E-state index in [9.17, 15) is 0 Å². The van der Waals surface area contributed by atoms with Crippen LogP contribution in [0.4, 0.5) is 11.5 Å². The van der Waals surface area contributed by atoms with Crippen LogP contribution in [0, 0.1) is 17.4 Å². The first kappa shape index (κ1) is 17.9. The second-order valence-corrected chi connectivity index (χ2v) is 9.39. The second kappa shape index (κ2) is 7.25. The summed E-state index contributed by atoms with van der Waals surface area (Å²) >= 11 is 7.55. The summed E-state index contributed by atoms with van der Waals surface area (Å²) in [4.78, 5) is 11.3. The zero-order chi connectivity index (χ0) is 18.3. The molecule has 0 fully saturated rings. The molecule has 26 heavy (non-hydrogen) atoms. The van der Waals surface area contributed by atoms with Crippen molar-refractivity contribution in [2.45, 2.75) is 13.8 Å². The molecule has 0 saturated heterocycles. The molecule has 3 nitrogen and oxygen atoms in total. The summed E-state index contributed by atoms with van der Waals surface area (Å²) in [6.07, 6.45) is 1.63. The van der Waals surface area contributed by atoms with E-state index in [0.717, 1.165) is 26.2 Å². The van der Waals surface area contributed by atoms with Crippen molar-refractivity contribution < 1.29 is 0 Å². The lowest BCUT2D eigenvalue weighted by molar-refractivity contribution is 1.22. The first-order chi connectivity index (χ1) is 12.5. The Bertz CT molecular complexity index is 1110. The number of benzene rings is 2. The average Bonchev–Trinajstić information content (AvgIpc) is 2.95. The van der Waals surface area contributed by atoms with Crippen molar-refractivity contribution in [2.24, 2.45) is 0 Å². The number of anilines is 2. The molecule has 0 radical (unpaired) electrons. The third-order valence-electron chi connectivity index (χ3n) is 4.24. The summed E-state index contributed by atoms with van der Waals surface area (Å²) in [6, 6.07) is 14.8. The van der Waals surface area contributed by atoms with Crippen molar-refractivity contribution in [3.8, 4) is 11.1 Å². The number of nitrogens with zero attached hydrogens (tertiary/aromatic N) is 2. The summed E-state index contributed by atoms with van der Waals surface area (Å²) in [6.45, 7) is 4.25. The lowest BCUT2D eigenvalue weighted by atomic mass is 10.0. The Morgan fingerprint density at radius 3 is 2.54 bits per heavy atom. The Labute approximate surface area is 178 Å². The van der Waals surface area contributed by atoms with Gasteiger partial charge in [0.1, 0.15) is 17.0 Å². The van der Waals surface area contributed by atoms with Crippen LogP contribution in [0.5, 0.6) is 0 Å². The molecule has 0 aliphatic heterocycles. The highest BCUT2D eigenvalue weighted by Crippen LogP contribution is 2.41. The van der Waals surface area contributed by atoms with Gasteiger partial charge in [0.05, 0.1) is 5.39 Å². The van der Waals surface area contributed by atoms with Crippen molar-refractivity contribution in [1.82, 2.24) is 9.97 Å². The van der Waals surface area contributed by atoms with Crippen LogP contribution in [-0.4, -0.2) is 9.97 Å². The Morgan fingerprint density at radius 2 is 1.81 bits per heavy atom. The first-order valence-electron chi connectivity index (χ1n) is 8.06. The number of aromatic nitrogens is 2. The highest BCUT2D eigenvalue weighted by atomic mass is 127. The highest BCUT2D eigenvalue weighted by Gasteiger charge is 2.17. The first-order valence-corrected chi connectivity index (χ1v) is 10.7. The molecule has 0 unspecified atom stereocenters. The molecular formula is C20H15BrIN3S. The molecule has 1 N–H and O–H groups in total. The van der Waals surface area contributed by atoms with E-state index in [-0.39, 0.29) is 0 Å². The Hall–Kier alpha value is -1.51. The fraction of sp³-hybridized carbons (Fsp3) is 0.100. The molecule has 0 atom stereocenters. The van der Waals surface area contributed by atoms with Crippen LogP contribution < -0.4 is 5.32 Å². The Balaban J connectivity index is 1.89. The second-order valence-electron chi connectivity index (χ2n) is 6.03. The number of aryl methyl sites for hydroxylation is 2. The number of halogens is 2. The number of nitrogens with one attached hydrogen (secondary N) is 1. The minimum atomic E-state index is 0.849. The molecular weight excluding hydrogens is 521 g/mol. The SMILES string of the molecule is Cc1cc(I)ccc1Nc1ncnc2sc(C)c(-c3ccc(Br)cc3)c12. The van der Waals surface area contributed by atoms with Gasteiger partial charge in [-0.05, 0) is 77.9 Å². The zero-order valence-electron chi connectivity index (χ0n) is 14.2. The number of thiophene rings is 1. The Morgan fingerprint density at radius 1 is 1.04 bits per heavy atom. The van der Waals surface area contributed by atoms with Gasteiger partial charge in [0, 0.05) is 24.2 Å². The summed E-state index contributed by atoms with van der Waals surface area (Å²) in [5, 5.41) is 4.60. The largest absolute Gasteiger partial charge is 0.339 e. The van der Waals surface area contributed by atoms with Crippen molar-refractivity contribution in [3.05, 3.63) is 67.3 Å². The number of rotatable bonds is 3. The summed E-state index contributed by atoms with van der Waals surface area (Å²) in [5.41, 5.74) is 4.63. The van der Waals surface area contributed by atoms with Crippen LogP contribution in [-0.2, 0) is 0 Å². The molecule has 4 rings (SSSR count). The van der Waals surface area contributed by atoms with Gasteiger partial charge in [-0.1, -0.05) is 28.1 Å². The third-order valence-corrected chi connectivity index (χ3v) is 6.45. The van der Waals surface area contributed by atoms with E-state index in [2.05, 4.69) is 110 Å². The summed E-state index contributed by atoms with van der Waals surface area (Å²) < 4.78 is 2.29. The quantitative estimate of drug-likeness (QED) is 0.285. The molecule has 4 aromatic rings. The minimum absolute atomic E-state index is 0.849. The van der Waals surface area contributed by atoms with Crippen LogP contribution in [0.3, 0.4) is 0 Å². The van der Waals surface area contributed by atoms with Gasteiger partial charge in [0.2, 0.25) is 0 Å². The number of fused-ring (bicyclic) bond motifs is 1. The van der Waals surface area contributed by atoms with Gasteiger partial charge >= 0.3 is 0 Å². The van der Waals surface area contributed by atoms with E-state index in [1.165, 1.54) is 25.1 Å². The topological polar surface area (TPSA) is 37.8 Å². The summed E-state index contributed by atoms with van der Waals surface area (Å²) in [7, 11) is 0. The maximum atomic E-state index is 4.56. The average molecular weight is 536 g/mol. The molecule has 0 amide bonds. The van der Waals surface area contributed by atoms with Gasteiger partial charge in [0.15, 0.2) is 0 Å². The predicted molar refractivity (Wildman–Crippen MR) is 122 cm³/mol. The molecule has 130 valence electrons. The van der Waals surface area contributed by atoms with E-state index in [4.69, 9.17) is 0 Å². The number of hydrogen-bond acceptors (Lipinski definition) is 4. The van der Waals surface area contributed by atoms with E-state index < -0.39 is 0 Å². The van der Waals surface area contributed by atoms with Crippen LogP contribution in [0.1, 0.15) is 10.4 Å².